The first-order chi connectivity index (χ1) is 6.93. The Kier molecular flexibility index (Phi) is 3.88. The van der Waals surface area contributed by atoms with E-state index >= 15 is 0 Å². The third-order valence-electron chi connectivity index (χ3n) is 2.37. The lowest BCUT2D eigenvalue weighted by molar-refractivity contribution is 0.516. The van der Waals surface area contributed by atoms with Crippen molar-refractivity contribution >= 4 is 9.84 Å². The highest BCUT2D eigenvalue weighted by molar-refractivity contribution is 7.91. The third kappa shape index (κ3) is 3.32. The van der Waals surface area contributed by atoms with Gasteiger partial charge < -0.3 is 5.73 Å². The normalized spacial score (nSPS) is 14.1. The summed E-state index contributed by atoms with van der Waals surface area (Å²) in [5.74, 6) is 0.179. The second-order valence-corrected chi connectivity index (χ2v) is 6.04. The van der Waals surface area contributed by atoms with Crippen LogP contribution in [0.25, 0.3) is 0 Å². The molecule has 84 valence electrons. The van der Waals surface area contributed by atoms with Gasteiger partial charge in [0.25, 0.3) is 0 Å². The Hall–Kier alpha value is -0.870. The molecule has 0 heterocycles. The maximum atomic E-state index is 11.9. The van der Waals surface area contributed by atoms with Crippen LogP contribution in [0.5, 0.6) is 0 Å². The molecule has 0 saturated heterocycles. The molecule has 3 nitrogen and oxygen atoms in total. The highest BCUT2D eigenvalue weighted by Gasteiger charge is 2.20. The van der Waals surface area contributed by atoms with Crippen molar-refractivity contribution in [1.29, 1.82) is 0 Å². The Morgan fingerprint density at radius 3 is 2.20 bits per heavy atom. The number of hydrogen-bond donors (Lipinski definition) is 1. The van der Waals surface area contributed by atoms with E-state index in [1.807, 2.05) is 13.8 Å². The number of rotatable bonds is 4. The standard InChI is InChI=1S/C11H17NO2S/c1-9(2)11(12)8-15(13,14)10-6-4-3-5-7-10/h3-7,9,11H,8,12H2,1-2H3/t11-/m1/s1. The molecule has 0 aliphatic heterocycles. The fourth-order valence-electron chi connectivity index (χ4n) is 1.17. The molecule has 0 radical (unpaired) electrons. The molecule has 1 atom stereocenters. The molecule has 0 aromatic heterocycles. The minimum atomic E-state index is -3.23. The van der Waals surface area contributed by atoms with Crippen LogP contribution in [0.2, 0.25) is 0 Å². The molecular weight excluding hydrogens is 210 g/mol. The average Bonchev–Trinajstić information content (AvgIpc) is 2.18. The fraction of sp³-hybridized carbons (Fsp3) is 0.455. The number of benzene rings is 1. The van der Waals surface area contributed by atoms with Crippen molar-refractivity contribution in [1.82, 2.24) is 0 Å². The summed E-state index contributed by atoms with van der Waals surface area (Å²) in [6, 6.07) is 8.11. The molecule has 0 saturated carbocycles. The highest BCUT2D eigenvalue weighted by Crippen LogP contribution is 2.13. The summed E-state index contributed by atoms with van der Waals surface area (Å²) in [6.45, 7) is 3.84. The molecule has 0 fully saturated rings. The summed E-state index contributed by atoms with van der Waals surface area (Å²) in [6.07, 6.45) is 0. The Morgan fingerprint density at radius 1 is 1.20 bits per heavy atom. The van der Waals surface area contributed by atoms with Gasteiger partial charge in [0.1, 0.15) is 0 Å². The van der Waals surface area contributed by atoms with Crippen LogP contribution < -0.4 is 5.73 Å². The van der Waals surface area contributed by atoms with E-state index in [9.17, 15) is 8.42 Å². The van der Waals surface area contributed by atoms with Crippen LogP contribution in [-0.2, 0) is 9.84 Å². The first kappa shape index (κ1) is 12.2. The second kappa shape index (κ2) is 4.77. The van der Waals surface area contributed by atoms with E-state index in [4.69, 9.17) is 5.73 Å². The lowest BCUT2D eigenvalue weighted by atomic mass is 10.1. The summed E-state index contributed by atoms with van der Waals surface area (Å²) < 4.78 is 23.7. The van der Waals surface area contributed by atoms with Gasteiger partial charge >= 0.3 is 0 Å². The molecule has 0 aliphatic carbocycles. The van der Waals surface area contributed by atoms with Crippen LogP contribution in [0.1, 0.15) is 13.8 Å². The molecule has 0 spiro atoms. The lowest BCUT2D eigenvalue weighted by Crippen LogP contribution is -2.34. The topological polar surface area (TPSA) is 60.2 Å². The Morgan fingerprint density at radius 2 is 1.73 bits per heavy atom. The van der Waals surface area contributed by atoms with Crippen LogP contribution in [0.15, 0.2) is 35.2 Å². The minimum absolute atomic E-state index is 0.00861. The quantitative estimate of drug-likeness (QED) is 0.846. The predicted molar refractivity (Wildman–Crippen MR) is 61.3 cm³/mol. The summed E-state index contributed by atoms with van der Waals surface area (Å²) in [5.41, 5.74) is 5.76. The van der Waals surface area contributed by atoms with E-state index in [-0.39, 0.29) is 17.7 Å². The Bertz CT molecular complexity index is 398. The number of hydrogen-bond acceptors (Lipinski definition) is 3. The van der Waals surface area contributed by atoms with Gasteiger partial charge in [-0.1, -0.05) is 32.0 Å². The molecular formula is C11H17NO2S. The van der Waals surface area contributed by atoms with Gasteiger partial charge in [-0.2, -0.15) is 0 Å². The van der Waals surface area contributed by atoms with E-state index in [0.717, 1.165) is 0 Å². The smallest absolute Gasteiger partial charge is 0.179 e. The van der Waals surface area contributed by atoms with Gasteiger partial charge in [0.15, 0.2) is 9.84 Å². The number of sulfone groups is 1. The van der Waals surface area contributed by atoms with Crippen molar-refractivity contribution in [3.63, 3.8) is 0 Å². The van der Waals surface area contributed by atoms with Gasteiger partial charge in [-0.3, -0.25) is 0 Å². The largest absolute Gasteiger partial charge is 0.327 e. The predicted octanol–water partition coefficient (Wildman–Crippen LogP) is 1.44. The summed E-state index contributed by atoms with van der Waals surface area (Å²) >= 11 is 0. The van der Waals surface area contributed by atoms with E-state index in [1.54, 1.807) is 30.3 Å². The van der Waals surface area contributed by atoms with E-state index in [2.05, 4.69) is 0 Å². The van der Waals surface area contributed by atoms with Gasteiger partial charge in [0.05, 0.1) is 10.6 Å². The van der Waals surface area contributed by atoms with E-state index in [0.29, 0.717) is 4.90 Å². The molecule has 1 rings (SSSR count). The molecule has 15 heavy (non-hydrogen) atoms. The zero-order valence-corrected chi connectivity index (χ0v) is 9.87. The van der Waals surface area contributed by atoms with Gasteiger partial charge in [0, 0.05) is 6.04 Å². The van der Waals surface area contributed by atoms with Crippen molar-refractivity contribution in [3.05, 3.63) is 30.3 Å². The maximum Gasteiger partial charge on any atom is 0.179 e. The Labute approximate surface area is 91.2 Å². The first-order valence-corrected chi connectivity index (χ1v) is 6.62. The van der Waals surface area contributed by atoms with Crippen molar-refractivity contribution in [3.8, 4) is 0 Å². The van der Waals surface area contributed by atoms with Crippen LogP contribution in [0.4, 0.5) is 0 Å². The average molecular weight is 227 g/mol. The summed E-state index contributed by atoms with van der Waals surface area (Å²) in [5, 5.41) is 0. The molecule has 0 aliphatic rings. The molecule has 1 aromatic carbocycles. The van der Waals surface area contributed by atoms with Crippen molar-refractivity contribution in [2.24, 2.45) is 11.7 Å². The zero-order chi connectivity index (χ0) is 11.5. The van der Waals surface area contributed by atoms with E-state index in [1.165, 1.54) is 0 Å². The van der Waals surface area contributed by atoms with Crippen LogP contribution in [-0.4, -0.2) is 20.2 Å². The fourth-order valence-corrected chi connectivity index (χ4v) is 2.83. The minimum Gasteiger partial charge on any atom is -0.327 e. The summed E-state index contributed by atoms with van der Waals surface area (Å²) in [7, 11) is -3.23. The van der Waals surface area contributed by atoms with Crippen molar-refractivity contribution < 1.29 is 8.42 Å². The summed E-state index contributed by atoms with van der Waals surface area (Å²) in [4.78, 5) is 0.348. The molecule has 1 aromatic rings. The zero-order valence-electron chi connectivity index (χ0n) is 9.05. The first-order valence-electron chi connectivity index (χ1n) is 4.97. The molecule has 4 heteroatoms. The maximum absolute atomic E-state index is 11.9. The van der Waals surface area contributed by atoms with E-state index < -0.39 is 9.84 Å². The monoisotopic (exact) mass is 227 g/mol. The SMILES string of the molecule is CC(C)[C@H](N)CS(=O)(=O)c1ccccc1. The third-order valence-corrected chi connectivity index (χ3v) is 4.18. The molecule has 0 unspecified atom stereocenters. The van der Waals surface area contributed by atoms with Gasteiger partial charge in [-0.15, -0.1) is 0 Å². The van der Waals surface area contributed by atoms with Crippen LogP contribution >= 0.6 is 0 Å². The molecule has 0 amide bonds. The second-order valence-electron chi connectivity index (χ2n) is 4.00. The van der Waals surface area contributed by atoms with Crippen molar-refractivity contribution in [2.75, 3.05) is 5.75 Å². The van der Waals surface area contributed by atoms with Crippen LogP contribution in [0, 0.1) is 5.92 Å². The number of nitrogens with two attached hydrogens (primary N) is 1. The van der Waals surface area contributed by atoms with Gasteiger partial charge in [-0.25, -0.2) is 8.42 Å². The molecule has 0 bridgehead atoms. The van der Waals surface area contributed by atoms with Crippen molar-refractivity contribution in [2.45, 2.75) is 24.8 Å². The Balaban J connectivity index is 2.86. The molecule has 2 N–H and O–H groups in total. The lowest BCUT2D eigenvalue weighted by Gasteiger charge is -2.15. The van der Waals surface area contributed by atoms with Gasteiger partial charge in [0.2, 0.25) is 0 Å². The highest BCUT2D eigenvalue weighted by atomic mass is 32.2. The van der Waals surface area contributed by atoms with Crippen LogP contribution in [0.3, 0.4) is 0 Å². The van der Waals surface area contributed by atoms with Gasteiger partial charge in [-0.05, 0) is 18.1 Å².